The summed E-state index contributed by atoms with van der Waals surface area (Å²) in [5, 5.41) is 8.81. The van der Waals surface area contributed by atoms with Crippen LogP contribution in [0.25, 0.3) is 0 Å². The highest BCUT2D eigenvalue weighted by Crippen LogP contribution is 2.13. The zero-order valence-electron chi connectivity index (χ0n) is 9.36. The maximum absolute atomic E-state index is 12.8. The van der Waals surface area contributed by atoms with Crippen LogP contribution in [0.2, 0.25) is 0 Å². The largest absolute Gasteiger partial charge is 0.493 e. The molecule has 1 N–H and O–H groups in total. The van der Waals surface area contributed by atoms with Gasteiger partial charge < -0.3 is 9.84 Å². The summed E-state index contributed by atoms with van der Waals surface area (Å²) >= 11 is 1.73. The molecular formula is C12H17FO2S. The highest BCUT2D eigenvalue weighted by atomic mass is 32.2. The first-order chi connectivity index (χ1) is 7.72. The summed E-state index contributed by atoms with van der Waals surface area (Å²) in [6, 6.07) is 6.14. The number of hydrogen-bond donors (Lipinski definition) is 1. The lowest BCUT2D eigenvalue weighted by molar-refractivity contribution is 0.250. The lowest BCUT2D eigenvalue weighted by Gasteiger charge is -2.08. The van der Waals surface area contributed by atoms with Gasteiger partial charge >= 0.3 is 0 Å². The van der Waals surface area contributed by atoms with Crippen molar-refractivity contribution < 1.29 is 14.2 Å². The molecule has 0 aliphatic carbocycles. The van der Waals surface area contributed by atoms with E-state index in [-0.39, 0.29) is 12.4 Å². The van der Waals surface area contributed by atoms with Gasteiger partial charge in [-0.1, -0.05) is 13.0 Å². The van der Waals surface area contributed by atoms with Crippen LogP contribution in [0.15, 0.2) is 24.3 Å². The second-order valence-electron chi connectivity index (χ2n) is 3.67. The maximum Gasteiger partial charge on any atom is 0.126 e. The van der Waals surface area contributed by atoms with Gasteiger partial charge in [-0.2, -0.15) is 11.8 Å². The van der Waals surface area contributed by atoms with Crippen molar-refractivity contribution in [2.24, 2.45) is 5.92 Å². The summed E-state index contributed by atoms with van der Waals surface area (Å²) in [6.45, 7) is 2.78. The predicted molar refractivity (Wildman–Crippen MR) is 65.5 cm³/mol. The second-order valence-corrected chi connectivity index (χ2v) is 4.82. The number of ether oxygens (including phenoxy) is 1. The number of thioether (sulfide) groups is 1. The van der Waals surface area contributed by atoms with E-state index < -0.39 is 0 Å². The summed E-state index contributed by atoms with van der Waals surface area (Å²) in [7, 11) is 0. The summed E-state index contributed by atoms with van der Waals surface area (Å²) in [5.74, 6) is 2.37. The fourth-order valence-electron chi connectivity index (χ4n) is 1.11. The van der Waals surface area contributed by atoms with Crippen molar-refractivity contribution in [3.8, 4) is 5.75 Å². The molecule has 1 unspecified atom stereocenters. The molecule has 0 amide bonds. The molecule has 0 saturated heterocycles. The molecular weight excluding hydrogens is 227 g/mol. The molecule has 0 spiro atoms. The van der Waals surface area contributed by atoms with Crippen molar-refractivity contribution >= 4 is 11.8 Å². The maximum atomic E-state index is 12.8. The highest BCUT2D eigenvalue weighted by Gasteiger charge is 2.00. The van der Waals surface area contributed by atoms with Gasteiger partial charge in [0.05, 0.1) is 6.61 Å². The smallest absolute Gasteiger partial charge is 0.126 e. The Hall–Kier alpha value is -0.740. The van der Waals surface area contributed by atoms with Crippen LogP contribution in [0.5, 0.6) is 5.75 Å². The third-order valence-corrected chi connectivity index (χ3v) is 3.27. The predicted octanol–water partition coefficient (Wildman–Crippen LogP) is 2.57. The average Bonchev–Trinajstić information content (AvgIpc) is 2.28. The Kier molecular flexibility index (Phi) is 6.26. The Labute approximate surface area is 99.8 Å². The van der Waals surface area contributed by atoms with E-state index in [1.165, 1.54) is 12.1 Å². The molecule has 0 aliphatic rings. The third-order valence-electron chi connectivity index (χ3n) is 2.01. The van der Waals surface area contributed by atoms with E-state index in [1.807, 2.05) is 6.92 Å². The minimum absolute atomic E-state index is 0.220. The molecule has 0 aromatic heterocycles. The number of halogens is 1. The summed E-state index contributed by atoms with van der Waals surface area (Å²) < 4.78 is 18.2. The van der Waals surface area contributed by atoms with Crippen LogP contribution >= 0.6 is 11.8 Å². The van der Waals surface area contributed by atoms with Gasteiger partial charge in [0.25, 0.3) is 0 Å². The van der Waals surface area contributed by atoms with Gasteiger partial charge in [0, 0.05) is 18.4 Å². The average molecular weight is 244 g/mol. The second kappa shape index (κ2) is 7.52. The topological polar surface area (TPSA) is 29.5 Å². The van der Waals surface area contributed by atoms with E-state index in [1.54, 1.807) is 23.9 Å². The third kappa shape index (κ3) is 5.37. The van der Waals surface area contributed by atoms with Gasteiger partial charge in [-0.05, 0) is 23.8 Å². The molecule has 0 radical (unpaired) electrons. The van der Waals surface area contributed by atoms with E-state index in [0.717, 1.165) is 11.5 Å². The first kappa shape index (κ1) is 13.3. The summed E-state index contributed by atoms with van der Waals surface area (Å²) in [4.78, 5) is 0. The Morgan fingerprint density at radius 2 is 2.31 bits per heavy atom. The molecule has 1 aromatic rings. The van der Waals surface area contributed by atoms with Crippen molar-refractivity contribution in [2.75, 3.05) is 24.7 Å². The number of hydrogen-bond acceptors (Lipinski definition) is 3. The lowest BCUT2D eigenvalue weighted by atomic mass is 10.2. The molecule has 1 aromatic carbocycles. The number of aliphatic hydroxyl groups is 1. The van der Waals surface area contributed by atoms with Crippen LogP contribution in [0.1, 0.15) is 6.92 Å². The number of benzene rings is 1. The van der Waals surface area contributed by atoms with Crippen LogP contribution in [0.3, 0.4) is 0 Å². The van der Waals surface area contributed by atoms with Gasteiger partial charge in [-0.3, -0.25) is 0 Å². The number of rotatable bonds is 7. The molecule has 0 fully saturated rings. The highest BCUT2D eigenvalue weighted by molar-refractivity contribution is 7.99. The Morgan fingerprint density at radius 1 is 1.50 bits per heavy atom. The van der Waals surface area contributed by atoms with Gasteiger partial charge in [0.15, 0.2) is 0 Å². The van der Waals surface area contributed by atoms with Gasteiger partial charge in [-0.25, -0.2) is 4.39 Å². The van der Waals surface area contributed by atoms with Gasteiger partial charge in [-0.15, -0.1) is 0 Å². The van der Waals surface area contributed by atoms with Crippen molar-refractivity contribution in [2.45, 2.75) is 6.92 Å². The monoisotopic (exact) mass is 244 g/mol. The van der Waals surface area contributed by atoms with E-state index >= 15 is 0 Å². The zero-order chi connectivity index (χ0) is 11.8. The molecule has 2 nitrogen and oxygen atoms in total. The molecule has 0 bridgehead atoms. The minimum atomic E-state index is -0.279. The van der Waals surface area contributed by atoms with E-state index in [4.69, 9.17) is 9.84 Å². The molecule has 0 aliphatic heterocycles. The fraction of sp³-hybridized carbons (Fsp3) is 0.500. The molecule has 1 rings (SSSR count). The van der Waals surface area contributed by atoms with Crippen molar-refractivity contribution in [1.29, 1.82) is 0 Å². The van der Waals surface area contributed by atoms with Crippen LogP contribution < -0.4 is 4.74 Å². The Bertz CT molecular complexity index is 307. The fourth-order valence-corrected chi connectivity index (χ4v) is 1.99. The molecule has 4 heteroatoms. The van der Waals surface area contributed by atoms with Crippen molar-refractivity contribution in [3.63, 3.8) is 0 Å². The van der Waals surface area contributed by atoms with Crippen LogP contribution in [-0.2, 0) is 0 Å². The summed E-state index contributed by atoms with van der Waals surface area (Å²) in [5.41, 5.74) is 0. The number of aliphatic hydroxyl groups excluding tert-OH is 1. The standard InChI is InChI=1S/C12H17FO2S/c1-10(8-14)9-16-6-5-15-12-4-2-3-11(13)7-12/h2-4,7,10,14H,5-6,8-9H2,1H3. The van der Waals surface area contributed by atoms with E-state index in [9.17, 15) is 4.39 Å². The Morgan fingerprint density at radius 3 is 3.00 bits per heavy atom. The van der Waals surface area contributed by atoms with Crippen molar-refractivity contribution in [1.82, 2.24) is 0 Å². The SMILES string of the molecule is CC(CO)CSCCOc1cccc(F)c1. The zero-order valence-corrected chi connectivity index (χ0v) is 10.2. The first-order valence-corrected chi connectivity index (χ1v) is 6.45. The normalized spacial score (nSPS) is 12.4. The molecule has 0 saturated carbocycles. The quantitative estimate of drug-likeness (QED) is 0.747. The van der Waals surface area contributed by atoms with Crippen LogP contribution in [0, 0.1) is 11.7 Å². The minimum Gasteiger partial charge on any atom is -0.493 e. The van der Waals surface area contributed by atoms with Crippen LogP contribution in [0.4, 0.5) is 4.39 Å². The molecule has 16 heavy (non-hydrogen) atoms. The van der Waals surface area contributed by atoms with E-state index in [0.29, 0.717) is 18.3 Å². The lowest BCUT2D eigenvalue weighted by Crippen LogP contribution is -2.06. The molecule has 0 heterocycles. The molecule has 90 valence electrons. The van der Waals surface area contributed by atoms with Crippen molar-refractivity contribution in [3.05, 3.63) is 30.1 Å². The van der Waals surface area contributed by atoms with Gasteiger partial charge in [0.2, 0.25) is 0 Å². The van der Waals surface area contributed by atoms with E-state index in [2.05, 4.69) is 0 Å². The Balaban J connectivity index is 2.12. The summed E-state index contributed by atoms with van der Waals surface area (Å²) in [6.07, 6.45) is 0. The molecule has 1 atom stereocenters. The first-order valence-electron chi connectivity index (χ1n) is 5.29. The van der Waals surface area contributed by atoms with Gasteiger partial charge in [0.1, 0.15) is 11.6 Å². The van der Waals surface area contributed by atoms with Crippen LogP contribution in [-0.4, -0.2) is 29.8 Å².